The number of pyridine rings is 1. The zero-order valence-corrected chi connectivity index (χ0v) is 14.5. The number of ether oxygens (including phenoxy) is 1. The Labute approximate surface area is 147 Å². The van der Waals surface area contributed by atoms with Crippen molar-refractivity contribution in [2.45, 2.75) is 44.6 Å². The molecule has 0 spiro atoms. The number of nitrogens with zero attached hydrogens (tertiary/aromatic N) is 2. The van der Waals surface area contributed by atoms with E-state index in [9.17, 15) is 14.7 Å². The standard InChI is InChI=1S/C19H24N2O4/c1-14-7-8-16(13-20-14)25-19(18(23)24)9-11-21(12-10-19)17(22)15-5-3-2-4-6-15/h2-3,7-8,13,15H,4-6,9-12H2,1H3,(H,23,24)/t15-/m0/s1. The van der Waals surface area contributed by atoms with Crippen molar-refractivity contribution in [2.24, 2.45) is 5.92 Å². The van der Waals surface area contributed by atoms with Crippen LogP contribution in [0.3, 0.4) is 0 Å². The van der Waals surface area contributed by atoms with E-state index in [4.69, 9.17) is 4.74 Å². The number of aromatic nitrogens is 1. The smallest absolute Gasteiger partial charge is 0.348 e. The first-order valence-corrected chi connectivity index (χ1v) is 8.79. The molecule has 6 heteroatoms. The average Bonchev–Trinajstić information content (AvgIpc) is 2.64. The third kappa shape index (κ3) is 3.83. The third-order valence-electron chi connectivity index (χ3n) is 5.09. The number of amides is 1. The Morgan fingerprint density at radius 1 is 1.28 bits per heavy atom. The maximum Gasteiger partial charge on any atom is 0.348 e. The molecule has 0 unspecified atom stereocenters. The number of rotatable bonds is 4. The fourth-order valence-electron chi connectivity index (χ4n) is 3.46. The van der Waals surface area contributed by atoms with Crippen LogP contribution in [-0.4, -0.2) is 45.6 Å². The molecule has 2 aliphatic rings. The lowest BCUT2D eigenvalue weighted by Crippen LogP contribution is -2.55. The number of hydrogen-bond acceptors (Lipinski definition) is 4. The molecule has 1 fully saturated rings. The Morgan fingerprint density at radius 3 is 2.60 bits per heavy atom. The molecule has 1 aromatic heterocycles. The molecule has 1 aliphatic carbocycles. The SMILES string of the molecule is Cc1ccc(OC2(C(=O)O)CCN(C(=O)[C@H]3CC=CCC3)CC2)cn1. The van der Waals surface area contributed by atoms with Gasteiger partial charge in [-0.15, -0.1) is 0 Å². The van der Waals surface area contributed by atoms with Crippen molar-refractivity contribution in [1.29, 1.82) is 0 Å². The minimum Gasteiger partial charge on any atom is -0.478 e. The quantitative estimate of drug-likeness (QED) is 0.849. The number of allylic oxidation sites excluding steroid dienone is 2. The zero-order valence-electron chi connectivity index (χ0n) is 14.5. The van der Waals surface area contributed by atoms with E-state index in [1.165, 1.54) is 0 Å². The number of likely N-dealkylation sites (tertiary alicyclic amines) is 1. The van der Waals surface area contributed by atoms with Crippen LogP contribution in [0.15, 0.2) is 30.5 Å². The number of piperidine rings is 1. The van der Waals surface area contributed by atoms with Crippen molar-refractivity contribution >= 4 is 11.9 Å². The van der Waals surface area contributed by atoms with Crippen molar-refractivity contribution in [3.63, 3.8) is 0 Å². The lowest BCUT2D eigenvalue weighted by Gasteiger charge is -2.40. The second kappa shape index (κ2) is 7.25. The van der Waals surface area contributed by atoms with E-state index >= 15 is 0 Å². The summed E-state index contributed by atoms with van der Waals surface area (Å²) in [6.45, 7) is 2.68. The summed E-state index contributed by atoms with van der Waals surface area (Å²) >= 11 is 0. The molecule has 0 saturated carbocycles. The van der Waals surface area contributed by atoms with Gasteiger partial charge in [-0.1, -0.05) is 12.2 Å². The predicted molar refractivity (Wildman–Crippen MR) is 92.3 cm³/mol. The van der Waals surface area contributed by atoms with Crippen LogP contribution < -0.4 is 4.74 Å². The molecule has 25 heavy (non-hydrogen) atoms. The van der Waals surface area contributed by atoms with Crippen LogP contribution in [0.1, 0.15) is 37.8 Å². The Bertz CT molecular complexity index is 661. The van der Waals surface area contributed by atoms with Gasteiger partial charge in [0, 0.05) is 37.5 Å². The predicted octanol–water partition coefficient (Wildman–Crippen LogP) is 2.57. The fraction of sp³-hybridized carbons (Fsp3) is 0.526. The Hall–Kier alpha value is -2.37. The van der Waals surface area contributed by atoms with Gasteiger partial charge in [0.05, 0.1) is 6.20 Å². The van der Waals surface area contributed by atoms with Crippen LogP contribution in [0, 0.1) is 12.8 Å². The highest BCUT2D eigenvalue weighted by molar-refractivity contribution is 5.81. The topological polar surface area (TPSA) is 79.7 Å². The maximum absolute atomic E-state index is 12.6. The molecule has 0 radical (unpaired) electrons. The van der Waals surface area contributed by atoms with Gasteiger partial charge in [-0.2, -0.15) is 0 Å². The average molecular weight is 344 g/mol. The van der Waals surface area contributed by atoms with Gasteiger partial charge in [0.25, 0.3) is 0 Å². The molecule has 134 valence electrons. The highest BCUT2D eigenvalue weighted by Crippen LogP contribution is 2.31. The summed E-state index contributed by atoms with van der Waals surface area (Å²) in [6, 6.07) is 3.53. The van der Waals surface area contributed by atoms with Crippen molar-refractivity contribution in [3.05, 3.63) is 36.2 Å². The molecule has 3 rings (SSSR count). The van der Waals surface area contributed by atoms with Crippen LogP contribution in [-0.2, 0) is 9.59 Å². The van der Waals surface area contributed by atoms with E-state index in [1.807, 2.05) is 6.92 Å². The highest BCUT2D eigenvalue weighted by atomic mass is 16.5. The summed E-state index contributed by atoms with van der Waals surface area (Å²) in [5, 5.41) is 9.72. The number of aryl methyl sites for hydroxylation is 1. The minimum atomic E-state index is -1.29. The first-order chi connectivity index (χ1) is 12.0. The zero-order chi connectivity index (χ0) is 17.9. The number of hydrogen-bond donors (Lipinski definition) is 1. The van der Waals surface area contributed by atoms with Gasteiger partial charge in [0.2, 0.25) is 11.5 Å². The summed E-state index contributed by atoms with van der Waals surface area (Å²) in [5.41, 5.74) is -0.445. The number of aliphatic carboxylic acids is 1. The maximum atomic E-state index is 12.6. The highest BCUT2D eigenvalue weighted by Gasteiger charge is 2.45. The number of carbonyl (C=O) groups excluding carboxylic acids is 1. The van der Waals surface area contributed by atoms with E-state index in [1.54, 1.807) is 23.2 Å². The van der Waals surface area contributed by atoms with Gasteiger partial charge in [-0.3, -0.25) is 9.78 Å². The summed E-state index contributed by atoms with van der Waals surface area (Å²) in [4.78, 5) is 30.4. The molecule has 6 nitrogen and oxygen atoms in total. The van der Waals surface area contributed by atoms with Gasteiger partial charge in [0.15, 0.2) is 0 Å². The normalized spacial score (nSPS) is 22.4. The fourth-order valence-corrected chi connectivity index (χ4v) is 3.46. The minimum absolute atomic E-state index is 0.0320. The first-order valence-electron chi connectivity index (χ1n) is 8.79. The molecule has 1 saturated heterocycles. The van der Waals surface area contributed by atoms with E-state index < -0.39 is 11.6 Å². The van der Waals surface area contributed by atoms with Crippen LogP contribution in [0.5, 0.6) is 5.75 Å². The molecule has 1 amide bonds. The van der Waals surface area contributed by atoms with Crippen LogP contribution in [0.25, 0.3) is 0 Å². The Balaban J connectivity index is 1.66. The molecule has 1 atom stereocenters. The van der Waals surface area contributed by atoms with E-state index in [2.05, 4.69) is 17.1 Å². The van der Waals surface area contributed by atoms with Crippen molar-refractivity contribution in [2.75, 3.05) is 13.1 Å². The van der Waals surface area contributed by atoms with Crippen LogP contribution in [0.2, 0.25) is 0 Å². The van der Waals surface area contributed by atoms with E-state index in [0.29, 0.717) is 18.8 Å². The molecule has 2 heterocycles. The van der Waals surface area contributed by atoms with E-state index in [0.717, 1.165) is 25.0 Å². The summed E-state index contributed by atoms with van der Waals surface area (Å²) in [5.74, 6) is -0.365. The monoisotopic (exact) mass is 344 g/mol. The molecular weight excluding hydrogens is 320 g/mol. The summed E-state index contributed by atoms with van der Waals surface area (Å²) in [6.07, 6.45) is 8.88. The number of carboxylic acid groups (broad SMARTS) is 1. The van der Waals surface area contributed by atoms with Gasteiger partial charge >= 0.3 is 5.97 Å². The van der Waals surface area contributed by atoms with E-state index in [-0.39, 0.29) is 24.7 Å². The lowest BCUT2D eigenvalue weighted by atomic mass is 9.88. The van der Waals surface area contributed by atoms with Crippen LogP contribution in [0.4, 0.5) is 0 Å². The molecule has 0 bridgehead atoms. The Morgan fingerprint density at radius 2 is 2.04 bits per heavy atom. The second-order valence-electron chi connectivity index (χ2n) is 6.84. The molecule has 1 N–H and O–H groups in total. The summed E-state index contributed by atoms with van der Waals surface area (Å²) < 4.78 is 5.82. The number of carboxylic acids is 1. The second-order valence-corrected chi connectivity index (χ2v) is 6.84. The molecule has 0 aromatic carbocycles. The first kappa shape index (κ1) is 17.5. The van der Waals surface area contributed by atoms with Gasteiger partial charge in [-0.05, 0) is 38.3 Å². The van der Waals surface area contributed by atoms with Crippen molar-refractivity contribution in [3.8, 4) is 5.75 Å². The number of carbonyl (C=O) groups is 2. The lowest BCUT2D eigenvalue weighted by molar-refractivity contribution is -0.162. The van der Waals surface area contributed by atoms with Gasteiger partial charge in [0.1, 0.15) is 5.75 Å². The largest absolute Gasteiger partial charge is 0.478 e. The molecular formula is C19H24N2O4. The third-order valence-corrected chi connectivity index (χ3v) is 5.09. The van der Waals surface area contributed by atoms with Crippen LogP contribution >= 0.6 is 0 Å². The Kier molecular flexibility index (Phi) is 5.06. The van der Waals surface area contributed by atoms with Crippen molar-refractivity contribution < 1.29 is 19.4 Å². The van der Waals surface area contributed by atoms with Gasteiger partial charge in [-0.25, -0.2) is 4.79 Å². The summed E-state index contributed by atoms with van der Waals surface area (Å²) in [7, 11) is 0. The van der Waals surface area contributed by atoms with Gasteiger partial charge < -0.3 is 14.7 Å². The van der Waals surface area contributed by atoms with Crippen molar-refractivity contribution in [1.82, 2.24) is 9.88 Å². The molecule has 1 aromatic rings. The molecule has 1 aliphatic heterocycles.